The minimum Gasteiger partial charge on any atom is -0.211 e. The molecule has 94 valence electrons. The van der Waals surface area contributed by atoms with Gasteiger partial charge in [0, 0.05) is 24.0 Å². The fourth-order valence-corrected chi connectivity index (χ4v) is 1.77. The summed E-state index contributed by atoms with van der Waals surface area (Å²) >= 11 is 0. The normalized spacial score (nSPS) is 10.6. The van der Waals surface area contributed by atoms with Crippen LogP contribution in [-0.4, -0.2) is 19.7 Å². The predicted molar refractivity (Wildman–Crippen MR) is 69.3 cm³/mol. The molecule has 0 radical (unpaired) electrons. The highest BCUT2D eigenvalue weighted by atomic mass is 19.1. The van der Waals surface area contributed by atoms with Gasteiger partial charge in [0.05, 0.1) is 5.69 Å². The van der Waals surface area contributed by atoms with Gasteiger partial charge < -0.3 is 0 Å². The Morgan fingerprint density at radius 1 is 1.11 bits per heavy atom. The van der Waals surface area contributed by atoms with Crippen LogP contribution in [0.25, 0.3) is 17.2 Å². The third-order valence-corrected chi connectivity index (χ3v) is 2.74. The summed E-state index contributed by atoms with van der Waals surface area (Å²) in [5.74, 6) is -0.350. The van der Waals surface area contributed by atoms with Gasteiger partial charge in [-0.1, -0.05) is 29.8 Å². The number of halogens is 1. The van der Waals surface area contributed by atoms with Gasteiger partial charge >= 0.3 is 0 Å². The number of hydrogen-bond acceptors (Lipinski definition) is 3. The van der Waals surface area contributed by atoms with Crippen LogP contribution in [0.5, 0.6) is 0 Å². The van der Waals surface area contributed by atoms with E-state index in [4.69, 9.17) is 0 Å². The van der Waals surface area contributed by atoms with Crippen molar-refractivity contribution >= 4 is 0 Å². The van der Waals surface area contributed by atoms with E-state index in [0.717, 1.165) is 11.1 Å². The van der Waals surface area contributed by atoms with Crippen molar-refractivity contribution in [3.05, 3.63) is 60.3 Å². The van der Waals surface area contributed by atoms with Gasteiger partial charge in [-0.3, -0.25) is 0 Å². The molecule has 0 aliphatic rings. The molecular weight excluding hydrogens is 243 g/mol. The van der Waals surface area contributed by atoms with Gasteiger partial charge in [-0.25, -0.2) is 9.67 Å². The van der Waals surface area contributed by atoms with E-state index in [9.17, 15) is 4.39 Å². The Balaban J connectivity index is 2.10. The molecule has 0 unspecified atom stereocenters. The average Bonchev–Trinajstić information content (AvgIpc) is 2.93. The zero-order valence-electron chi connectivity index (χ0n) is 10.3. The number of rotatable bonds is 2. The summed E-state index contributed by atoms with van der Waals surface area (Å²) in [6.07, 6.45) is 3.27. The van der Waals surface area contributed by atoms with Gasteiger partial charge in [-0.15, -0.1) is 0 Å². The summed E-state index contributed by atoms with van der Waals surface area (Å²) in [4.78, 5) is 8.07. The summed E-state index contributed by atoms with van der Waals surface area (Å²) in [6, 6.07) is 10.8. The van der Waals surface area contributed by atoms with Crippen molar-refractivity contribution in [2.24, 2.45) is 0 Å². The molecule has 0 saturated heterocycles. The van der Waals surface area contributed by atoms with E-state index in [-0.39, 0.29) is 5.95 Å². The van der Waals surface area contributed by atoms with Crippen molar-refractivity contribution in [1.29, 1.82) is 0 Å². The zero-order valence-corrected chi connectivity index (χ0v) is 10.3. The second-order valence-corrected chi connectivity index (χ2v) is 4.19. The highest BCUT2D eigenvalue weighted by molar-refractivity contribution is 5.59. The summed E-state index contributed by atoms with van der Waals surface area (Å²) in [6.45, 7) is 2.00. The molecule has 0 N–H and O–H groups in total. The molecule has 0 bridgehead atoms. The Labute approximate surface area is 109 Å². The van der Waals surface area contributed by atoms with E-state index in [2.05, 4.69) is 15.1 Å². The van der Waals surface area contributed by atoms with Crippen LogP contribution in [0, 0.1) is 12.9 Å². The minimum atomic E-state index is -0.573. The molecule has 1 aromatic carbocycles. The zero-order chi connectivity index (χ0) is 13.2. The van der Waals surface area contributed by atoms with Gasteiger partial charge in [0.25, 0.3) is 5.95 Å². The highest BCUT2D eigenvalue weighted by Crippen LogP contribution is 2.19. The molecule has 0 aliphatic carbocycles. The van der Waals surface area contributed by atoms with Crippen molar-refractivity contribution in [3.63, 3.8) is 0 Å². The molecule has 4 nitrogen and oxygen atoms in total. The first-order valence-electron chi connectivity index (χ1n) is 5.84. The van der Waals surface area contributed by atoms with Gasteiger partial charge in [0.2, 0.25) is 5.95 Å². The Morgan fingerprint density at radius 3 is 2.58 bits per heavy atom. The van der Waals surface area contributed by atoms with E-state index >= 15 is 0 Å². The van der Waals surface area contributed by atoms with Gasteiger partial charge in [-0.05, 0) is 13.0 Å². The minimum absolute atomic E-state index is 0.223. The van der Waals surface area contributed by atoms with Crippen LogP contribution >= 0.6 is 0 Å². The number of benzene rings is 1. The quantitative estimate of drug-likeness (QED) is 0.660. The molecule has 3 rings (SSSR count). The SMILES string of the molecule is Cc1ccc(-c2cc(F)nc(-n3cccn3)n2)cc1. The van der Waals surface area contributed by atoms with Gasteiger partial charge in [0.15, 0.2) is 0 Å². The highest BCUT2D eigenvalue weighted by Gasteiger charge is 2.08. The van der Waals surface area contributed by atoms with Crippen LogP contribution in [-0.2, 0) is 0 Å². The summed E-state index contributed by atoms with van der Waals surface area (Å²) in [5, 5.41) is 4.00. The first-order chi connectivity index (χ1) is 9.22. The largest absolute Gasteiger partial charge is 0.253 e. The maximum Gasteiger partial charge on any atom is 0.253 e. The van der Waals surface area contributed by atoms with Crippen LogP contribution in [0.1, 0.15) is 5.56 Å². The molecule has 2 aromatic heterocycles. The number of aromatic nitrogens is 4. The Hall–Kier alpha value is -2.56. The van der Waals surface area contributed by atoms with Crippen molar-refractivity contribution in [2.45, 2.75) is 6.92 Å². The lowest BCUT2D eigenvalue weighted by molar-refractivity contribution is 0.572. The van der Waals surface area contributed by atoms with Gasteiger partial charge in [-0.2, -0.15) is 14.5 Å². The second kappa shape index (κ2) is 4.61. The Kier molecular flexibility index (Phi) is 2.79. The van der Waals surface area contributed by atoms with Crippen LogP contribution in [0.4, 0.5) is 4.39 Å². The average molecular weight is 254 g/mol. The molecule has 0 atom stereocenters. The van der Waals surface area contributed by atoms with Crippen LogP contribution in [0.15, 0.2) is 48.8 Å². The Bertz CT molecular complexity index is 690. The molecule has 19 heavy (non-hydrogen) atoms. The number of nitrogens with zero attached hydrogens (tertiary/aromatic N) is 4. The number of hydrogen-bond donors (Lipinski definition) is 0. The van der Waals surface area contributed by atoms with Crippen molar-refractivity contribution in [1.82, 2.24) is 19.7 Å². The number of aryl methyl sites for hydroxylation is 1. The molecule has 5 heteroatoms. The lowest BCUT2D eigenvalue weighted by Crippen LogP contribution is -2.04. The topological polar surface area (TPSA) is 43.6 Å². The smallest absolute Gasteiger partial charge is 0.211 e. The molecule has 0 spiro atoms. The summed E-state index contributed by atoms with van der Waals surface area (Å²) < 4.78 is 15.0. The van der Waals surface area contributed by atoms with E-state index in [1.807, 2.05) is 31.2 Å². The van der Waals surface area contributed by atoms with Crippen LogP contribution < -0.4 is 0 Å². The van der Waals surface area contributed by atoms with Crippen molar-refractivity contribution in [2.75, 3.05) is 0 Å². The fourth-order valence-electron chi connectivity index (χ4n) is 1.77. The third kappa shape index (κ3) is 2.35. The monoisotopic (exact) mass is 254 g/mol. The van der Waals surface area contributed by atoms with E-state index in [1.54, 1.807) is 18.5 Å². The predicted octanol–water partition coefficient (Wildman–Crippen LogP) is 2.78. The standard InChI is InChI=1S/C14H11FN4/c1-10-3-5-11(6-4-10)12-9-13(15)18-14(17-12)19-8-2-7-16-19/h2-9H,1H3. The van der Waals surface area contributed by atoms with E-state index in [1.165, 1.54) is 10.7 Å². The first kappa shape index (κ1) is 11.5. The lowest BCUT2D eigenvalue weighted by Gasteiger charge is -2.05. The molecule has 3 aromatic rings. The summed E-state index contributed by atoms with van der Waals surface area (Å²) in [7, 11) is 0. The Morgan fingerprint density at radius 2 is 1.89 bits per heavy atom. The van der Waals surface area contributed by atoms with Crippen molar-refractivity contribution < 1.29 is 4.39 Å². The molecule has 2 heterocycles. The van der Waals surface area contributed by atoms with Gasteiger partial charge in [0.1, 0.15) is 0 Å². The molecular formula is C14H11FN4. The molecule has 0 amide bonds. The van der Waals surface area contributed by atoms with E-state index < -0.39 is 5.95 Å². The van der Waals surface area contributed by atoms with Crippen molar-refractivity contribution in [3.8, 4) is 17.2 Å². The summed E-state index contributed by atoms with van der Waals surface area (Å²) in [5.41, 5.74) is 2.53. The van der Waals surface area contributed by atoms with Crippen LogP contribution in [0.2, 0.25) is 0 Å². The lowest BCUT2D eigenvalue weighted by atomic mass is 10.1. The van der Waals surface area contributed by atoms with Crippen LogP contribution in [0.3, 0.4) is 0 Å². The fraction of sp³-hybridized carbons (Fsp3) is 0.0714. The van der Waals surface area contributed by atoms with E-state index in [0.29, 0.717) is 5.69 Å². The first-order valence-corrected chi connectivity index (χ1v) is 5.84. The third-order valence-electron chi connectivity index (χ3n) is 2.74. The maximum atomic E-state index is 13.6. The maximum absolute atomic E-state index is 13.6. The molecule has 0 fully saturated rings. The second-order valence-electron chi connectivity index (χ2n) is 4.19. The molecule has 0 saturated carbocycles. The molecule has 0 aliphatic heterocycles.